The van der Waals surface area contributed by atoms with Crippen molar-refractivity contribution in [2.75, 3.05) is 0 Å². The van der Waals surface area contributed by atoms with E-state index in [0.29, 0.717) is 11.3 Å². The smallest absolute Gasteiger partial charge is 0.119 e. The van der Waals surface area contributed by atoms with Crippen LogP contribution in [0, 0.1) is 11.3 Å². The minimum Gasteiger partial charge on any atom is -0.491 e. The van der Waals surface area contributed by atoms with E-state index in [1.54, 1.807) is 0 Å². The van der Waals surface area contributed by atoms with Gasteiger partial charge in [0, 0.05) is 6.04 Å². The fraction of sp³-hybridized carbons (Fsp3) is 0.667. The van der Waals surface area contributed by atoms with Gasteiger partial charge in [0.15, 0.2) is 0 Å². The van der Waals surface area contributed by atoms with Crippen LogP contribution in [-0.2, 0) is 0 Å². The lowest BCUT2D eigenvalue weighted by molar-refractivity contribution is 0.0982. The molecule has 1 fully saturated rings. The Kier molecular flexibility index (Phi) is 5.28. The third-order valence-electron chi connectivity index (χ3n) is 4.78. The third-order valence-corrected chi connectivity index (χ3v) is 4.78. The summed E-state index contributed by atoms with van der Waals surface area (Å²) in [5.41, 5.74) is 4.66. The van der Waals surface area contributed by atoms with Crippen LogP contribution in [0.5, 0.6) is 5.75 Å². The molecule has 0 bridgehead atoms. The number of hydrazine groups is 1. The number of rotatable bonds is 5. The van der Waals surface area contributed by atoms with Gasteiger partial charge in [0.1, 0.15) is 5.75 Å². The first-order valence-electron chi connectivity index (χ1n) is 8.17. The zero-order valence-electron chi connectivity index (χ0n) is 13.9. The van der Waals surface area contributed by atoms with Crippen LogP contribution in [0.4, 0.5) is 0 Å². The molecule has 0 radical (unpaired) electrons. The highest BCUT2D eigenvalue weighted by Crippen LogP contribution is 2.46. The Morgan fingerprint density at radius 2 is 1.86 bits per heavy atom. The topological polar surface area (TPSA) is 47.3 Å². The molecule has 118 valence electrons. The highest BCUT2D eigenvalue weighted by Gasteiger charge is 2.37. The molecule has 1 aromatic rings. The van der Waals surface area contributed by atoms with E-state index in [0.717, 1.165) is 5.75 Å². The molecule has 21 heavy (non-hydrogen) atoms. The lowest BCUT2D eigenvalue weighted by atomic mass is 9.65. The molecule has 3 nitrogen and oxygen atoms in total. The number of hydrogen-bond acceptors (Lipinski definition) is 3. The summed E-state index contributed by atoms with van der Waals surface area (Å²) in [6.07, 6.45) is 5.37. The summed E-state index contributed by atoms with van der Waals surface area (Å²) in [5, 5.41) is 0. The first-order valence-corrected chi connectivity index (χ1v) is 8.17. The number of benzene rings is 1. The molecule has 1 aromatic carbocycles. The summed E-state index contributed by atoms with van der Waals surface area (Å²) in [7, 11) is 0. The van der Waals surface area contributed by atoms with Gasteiger partial charge < -0.3 is 4.74 Å². The van der Waals surface area contributed by atoms with E-state index < -0.39 is 0 Å². The Labute approximate surface area is 129 Å². The predicted molar refractivity (Wildman–Crippen MR) is 88.0 cm³/mol. The van der Waals surface area contributed by atoms with Gasteiger partial charge in [0.25, 0.3) is 0 Å². The average molecular weight is 290 g/mol. The molecule has 1 saturated carbocycles. The van der Waals surface area contributed by atoms with Crippen LogP contribution < -0.4 is 16.0 Å². The zero-order valence-corrected chi connectivity index (χ0v) is 13.9. The van der Waals surface area contributed by atoms with Gasteiger partial charge >= 0.3 is 0 Å². The Bertz CT molecular complexity index is 439. The number of ether oxygens (including phenoxy) is 1. The van der Waals surface area contributed by atoms with Gasteiger partial charge in [-0.1, -0.05) is 38.8 Å². The van der Waals surface area contributed by atoms with Crippen molar-refractivity contribution in [2.24, 2.45) is 17.2 Å². The van der Waals surface area contributed by atoms with Crippen molar-refractivity contribution in [2.45, 2.75) is 65.5 Å². The molecule has 1 aliphatic carbocycles. The van der Waals surface area contributed by atoms with E-state index in [4.69, 9.17) is 10.6 Å². The maximum Gasteiger partial charge on any atom is 0.119 e. The first kappa shape index (κ1) is 16.3. The van der Waals surface area contributed by atoms with E-state index in [1.165, 1.54) is 31.2 Å². The molecule has 0 spiro atoms. The van der Waals surface area contributed by atoms with Gasteiger partial charge in [-0.15, -0.1) is 0 Å². The summed E-state index contributed by atoms with van der Waals surface area (Å²) in [6.45, 7) is 8.83. The minimum atomic E-state index is 0.205. The Balaban J connectivity index is 2.16. The Morgan fingerprint density at radius 1 is 1.19 bits per heavy atom. The van der Waals surface area contributed by atoms with E-state index >= 15 is 0 Å². The lowest BCUT2D eigenvalue weighted by Crippen LogP contribution is -2.41. The van der Waals surface area contributed by atoms with Crippen LogP contribution in [-0.4, -0.2) is 6.10 Å². The van der Waals surface area contributed by atoms with Crippen molar-refractivity contribution in [1.82, 2.24) is 5.43 Å². The minimum absolute atomic E-state index is 0.205. The maximum atomic E-state index is 5.89. The lowest BCUT2D eigenvalue weighted by Gasteiger charge is -2.43. The van der Waals surface area contributed by atoms with Crippen molar-refractivity contribution in [3.8, 4) is 5.75 Å². The van der Waals surface area contributed by atoms with Crippen LogP contribution in [0.1, 0.15) is 65.0 Å². The molecule has 2 atom stereocenters. The highest BCUT2D eigenvalue weighted by atomic mass is 16.5. The number of nitrogens with one attached hydrogen (secondary N) is 1. The standard InChI is InChI=1S/C18H30N2O/c1-13(2)21-15-10-8-14(9-11-15)17(20-19)16-7-5-6-12-18(16,3)4/h8-11,13,16-17,20H,5-7,12,19H2,1-4H3. The second-order valence-electron chi connectivity index (χ2n) is 7.22. The molecule has 0 aromatic heterocycles. The second kappa shape index (κ2) is 6.80. The Hall–Kier alpha value is -1.06. The van der Waals surface area contributed by atoms with Crippen molar-refractivity contribution in [1.29, 1.82) is 0 Å². The van der Waals surface area contributed by atoms with Crippen molar-refractivity contribution >= 4 is 0 Å². The summed E-state index contributed by atoms with van der Waals surface area (Å²) in [4.78, 5) is 0. The van der Waals surface area contributed by atoms with E-state index in [-0.39, 0.29) is 12.1 Å². The molecule has 0 amide bonds. The molecular weight excluding hydrogens is 260 g/mol. The molecule has 0 aliphatic heterocycles. The average Bonchev–Trinajstić information content (AvgIpc) is 2.42. The molecule has 2 unspecified atom stereocenters. The number of hydrogen-bond donors (Lipinski definition) is 2. The highest BCUT2D eigenvalue weighted by molar-refractivity contribution is 5.30. The van der Waals surface area contributed by atoms with Gasteiger partial charge in [-0.2, -0.15) is 0 Å². The fourth-order valence-electron chi connectivity index (χ4n) is 3.61. The van der Waals surface area contributed by atoms with Crippen LogP contribution in [0.2, 0.25) is 0 Å². The largest absolute Gasteiger partial charge is 0.491 e. The monoisotopic (exact) mass is 290 g/mol. The summed E-state index contributed by atoms with van der Waals surface area (Å²) in [5.74, 6) is 7.39. The third kappa shape index (κ3) is 3.98. The van der Waals surface area contributed by atoms with Gasteiger partial charge in [-0.3, -0.25) is 11.3 Å². The van der Waals surface area contributed by atoms with Crippen molar-refractivity contribution in [3.63, 3.8) is 0 Å². The normalized spacial score (nSPS) is 23.0. The van der Waals surface area contributed by atoms with Gasteiger partial charge in [-0.05, 0) is 55.7 Å². The van der Waals surface area contributed by atoms with Crippen molar-refractivity contribution < 1.29 is 4.74 Å². The molecule has 3 heteroatoms. The first-order chi connectivity index (χ1) is 9.94. The molecule has 3 N–H and O–H groups in total. The molecule has 2 rings (SSSR count). The van der Waals surface area contributed by atoms with Crippen LogP contribution >= 0.6 is 0 Å². The quantitative estimate of drug-likeness (QED) is 0.631. The second-order valence-corrected chi connectivity index (χ2v) is 7.22. The summed E-state index contributed by atoms with van der Waals surface area (Å²) in [6, 6.07) is 8.61. The summed E-state index contributed by atoms with van der Waals surface area (Å²) < 4.78 is 5.72. The van der Waals surface area contributed by atoms with Crippen LogP contribution in [0.3, 0.4) is 0 Å². The van der Waals surface area contributed by atoms with Crippen molar-refractivity contribution in [3.05, 3.63) is 29.8 Å². The van der Waals surface area contributed by atoms with Gasteiger partial charge in [0.2, 0.25) is 0 Å². The predicted octanol–water partition coefficient (Wildman–Crippen LogP) is 4.19. The van der Waals surface area contributed by atoms with Gasteiger partial charge in [-0.25, -0.2) is 0 Å². The molecule has 1 aliphatic rings. The Morgan fingerprint density at radius 3 is 2.38 bits per heavy atom. The van der Waals surface area contributed by atoms with E-state index in [9.17, 15) is 0 Å². The van der Waals surface area contributed by atoms with Crippen LogP contribution in [0.25, 0.3) is 0 Å². The molecule has 0 saturated heterocycles. The van der Waals surface area contributed by atoms with Gasteiger partial charge in [0.05, 0.1) is 6.10 Å². The number of nitrogens with two attached hydrogens (primary N) is 1. The summed E-state index contributed by atoms with van der Waals surface area (Å²) >= 11 is 0. The SMILES string of the molecule is CC(C)Oc1ccc(C(NN)C2CCCCC2(C)C)cc1. The maximum absolute atomic E-state index is 5.89. The fourth-order valence-corrected chi connectivity index (χ4v) is 3.61. The molecule has 0 heterocycles. The van der Waals surface area contributed by atoms with E-state index in [2.05, 4.69) is 43.5 Å². The molecular formula is C18H30N2O. The zero-order chi connectivity index (χ0) is 15.5. The van der Waals surface area contributed by atoms with Crippen LogP contribution in [0.15, 0.2) is 24.3 Å². The van der Waals surface area contributed by atoms with E-state index in [1.807, 2.05) is 13.8 Å².